The van der Waals surface area contributed by atoms with Crippen molar-refractivity contribution in [3.05, 3.63) is 106 Å². The number of halogens is 4. The molecule has 5 rings (SSSR count). The number of nitrogens with zero attached hydrogens (tertiary/aromatic N) is 4. The fourth-order valence-electron chi connectivity index (χ4n) is 4.84. The molecule has 212 valence electrons. The Bertz CT molecular complexity index is 1510. The van der Waals surface area contributed by atoms with Crippen molar-refractivity contribution in [1.82, 2.24) is 19.9 Å². The van der Waals surface area contributed by atoms with Crippen LogP contribution in [0.15, 0.2) is 83.4 Å². The minimum absolute atomic E-state index is 0.0431. The minimum atomic E-state index is -4.60. The average molecular weight is 583 g/mol. The highest BCUT2D eigenvalue weighted by Crippen LogP contribution is 2.32. The van der Waals surface area contributed by atoms with Gasteiger partial charge in [-0.2, -0.15) is 18.2 Å². The van der Waals surface area contributed by atoms with E-state index in [1.54, 1.807) is 53.4 Å². The predicted octanol–water partition coefficient (Wildman–Crippen LogP) is 6.81. The zero-order valence-electron chi connectivity index (χ0n) is 21.9. The highest BCUT2D eigenvalue weighted by atomic mass is 35.5. The van der Waals surface area contributed by atoms with Crippen molar-refractivity contribution in [3.8, 4) is 11.4 Å². The lowest BCUT2D eigenvalue weighted by molar-refractivity contribution is -0.138. The summed E-state index contributed by atoms with van der Waals surface area (Å²) in [7, 11) is 0. The third-order valence-electron chi connectivity index (χ3n) is 6.92. The Kier molecular flexibility index (Phi) is 8.39. The molecular weight excluding hydrogens is 557 g/mol. The van der Waals surface area contributed by atoms with Crippen molar-refractivity contribution in [2.24, 2.45) is 0 Å². The molecule has 0 N–H and O–H groups in total. The van der Waals surface area contributed by atoms with Gasteiger partial charge in [-0.25, -0.2) is 0 Å². The molecule has 1 atom stereocenters. The summed E-state index contributed by atoms with van der Waals surface area (Å²) in [5, 5.41) is 4.64. The number of aromatic nitrogens is 2. The quantitative estimate of drug-likeness (QED) is 0.239. The second-order valence-electron chi connectivity index (χ2n) is 9.79. The van der Waals surface area contributed by atoms with Crippen LogP contribution in [0.2, 0.25) is 5.02 Å². The number of carbonyl (C=O) groups excluding carboxylic acids is 2. The van der Waals surface area contributed by atoms with Crippen molar-refractivity contribution in [2.45, 2.75) is 38.0 Å². The van der Waals surface area contributed by atoms with E-state index in [4.69, 9.17) is 16.1 Å². The maximum atomic E-state index is 13.7. The van der Waals surface area contributed by atoms with Gasteiger partial charge in [0.2, 0.25) is 17.6 Å². The van der Waals surface area contributed by atoms with Gasteiger partial charge in [-0.1, -0.05) is 53.2 Å². The Balaban J connectivity index is 1.39. The first-order valence-electron chi connectivity index (χ1n) is 13.1. The summed E-state index contributed by atoms with van der Waals surface area (Å²) in [6.07, 6.45) is -2.43. The normalized spacial score (nSPS) is 15.5. The molecule has 1 aromatic heterocycles. The largest absolute Gasteiger partial charge is 0.416 e. The van der Waals surface area contributed by atoms with Crippen LogP contribution in [0.5, 0.6) is 0 Å². The van der Waals surface area contributed by atoms with Gasteiger partial charge in [0.1, 0.15) is 12.6 Å². The van der Waals surface area contributed by atoms with E-state index in [-0.39, 0.29) is 30.5 Å². The van der Waals surface area contributed by atoms with Gasteiger partial charge < -0.3 is 14.3 Å². The Morgan fingerprint density at radius 1 is 1.00 bits per heavy atom. The maximum absolute atomic E-state index is 13.7. The predicted molar refractivity (Wildman–Crippen MR) is 146 cm³/mol. The van der Waals surface area contributed by atoms with Crippen LogP contribution in [0, 0.1) is 0 Å². The molecule has 0 spiro atoms. The second kappa shape index (κ2) is 12.1. The molecule has 41 heavy (non-hydrogen) atoms. The first-order chi connectivity index (χ1) is 19.7. The second-order valence-corrected chi connectivity index (χ2v) is 10.2. The number of rotatable bonds is 7. The van der Waals surface area contributed by atoms with Crippen molar-refractivity contribution in [1.29, 1.82) is 0 Å². The summed E-state index contributed by atoms with van der Waals surface area (Å²) in [6, 6.07) is 19.7. The number of carbonyl (C=O) groups is 2. The van der Waals surface area contributed by atoms with Crippen molar-refractivity contribution >= 4 is 23.4 Å². The van der Waals surface area contributed by atoms with Gasteiger partial charge in [-0.05, 0) is 67.3 Å². The van der Waals surface area contributed by atoms with Crippen LogP contribution in [0.4, 0.5) is 13.2 Å². The van der Waals surface area contributed by atoms with E-state index in [2.05, 4.69) is 10.1 Å². The van der Waals surface area contributed by atoms with Crippen LogP contribution in [0.3, 0.4) is 0 Å². The molecule has 1 aliphatic rings. The number of piperidine rings is 1. The lowest BCUT2D eigenvalue weighted by Gasteiger charge is -2.35. The first-order valence-corrected chi connectivity index (χ1v) is 13.5. The van der Waals surface area contributed by atoms with Gasteiger partial charge >= 0.3 is 6.18 Å². The summed E-state index contributed by atoms with van der Waals surface area (Å²) in [6.45, 7) is 0.124. The summed E-state index contributed by atoms with van der Waals surface area (Å²) in [5.41, 5.74) is 0.362. The van der Waals surface area contributed by atoms with E-state index in [1.165, 1.54) is 17.0 Å². The van der Waals surface area contributed by atoms with E-state index in [0.29, 0.717) is 29.4 Å². The summed E-state index contributed by atoms with van der Waals surface area (Å²) in [4.78, 5) is 34.6. The molecule has 4 aromatic rings. The van der Waals surface area contributed by atoms with Gasteiger partial charge in [0.25, 0.3) is 5.91 Å². The van der Waals surface area contributed by atoms with Crippen LogP contribution >= 0.6 is 11.6 Å². The fraction of sp³-hybridized carbons (Fsp3) is 0.267. The highest BCUT2D eigenvalue weighted by Gasteiger charge is 2.35. The van der Waals surface area contributed by atoms with E-state index >= 15 is 0 Å². The Labute approximate surface area is 239 Å². The zero-order valence-corrected chi connectivity index (χ0v) is 22.6. The first kappa shape index (κ1) is 28.4. The third kappa shape index (κ3) is 6.77. The van der Waals surface area contributed by atoms with Gasteiger partial charge in [-0.3, -0.25) is 9.59 Å². The molecule has 0 radical (unpaired) electrons. The monoisotopic (exact) mass is 582 g/mol. The average Bonchev–Trinajstić information content (AvgIpc) is 3.47. The zero-order chi connectivity index (χ0) is 29.0. The maximum Gasteiger partial charge on any atom is 0.416 e. The Morgan fingerprint density at radius 2 is 1.76 bits per heavy atom. The molecule has 1 saturated heterocycles. The number of benzene rings is 3. The van der Waals surface area contributed by atoms with Crippen LogP contribution in [-0.4, -0.2) is 44.8 Å². The van der Waals surface area contributed by atoms with E-state index in [0.717, 1.165) is 30.5 Å². The number of likely N-dealkylation sites (tertiary alicyclic amines) is 1. The number of hydrogen-bond acceptors (Lipinski definition) is 5. The summed E-state index contributed by atoms with van der Waals surface area (Å²) in [5.74, 6) is -0.399. The summed E-state index contributed by atoms with van der Waals surface area (Å²) < 4.78 is 45.6. The lowest BCUT2D eigenvalue weighted by Crippen LogP contribution is -2.45. The standard InChI is InChI=1S/C30H26ClF3N4O3/c31-24-14-12-21(13-15-24)27-35-28(41-36-27)25-11-4-5-16-38(25)26(39)19-37(18-20-7-2-1-3-8-20)29(40)22-9-6-10-23(17-22)30(32,33)34/h1-3,6-10,12-15,17,25H,4-5,11,16,18-19H2. The molecule has 1 fully saturated rings. The molecule has 11 heteroatoms. The van der Waals surface area contributed by atoms with Crippen molar-refractivity contribution < 1.29 is 27.3 Å². The van der Waals surface area contributed by atoms with Crippen molar-refractivity contribution in [2.75, 3.05) is 13.1 Å². The number of alkyl halides is 3. The number of hydrogen-bond donors (Lipinski definition) is 0. The summed E-state index contributed by atoms with van der Waals surface area (Å²) >= 11 is 5.98. The molecule has 1 aliphatic heterocycles. The molecule has 0 aliphatic carbocycles. The smallest absolute Gasteiger partial charge is 0.337 e. The Hall–Kier alpha value is -4.18. The molecule has 3 aromatic carbocycles. The Morgan fingerprint density at radius 3 is 2.49 bits per heavy atom. The molecule has 1 unspecified atom stereocenters. The SMILES string of the molecule is O=C(c1cccc(C(F)(F)F)c1)N(CC(=O)N1CCCCC1c1nc(-c2ccc(Cl)cc2)no1)Cc1ccccc1. The van der Waals surface area contributed by atoms with E-state index in [1.807, 2.05) is 6.07 Å². The molecule has 0 bridgehead atoms. The molecule has 2 amide bonds. The van der Waals surface area contributed by atoms with Crippen LogP contribution in [0.25, 0.3) is 11.4 Å². The molecular formula is C30H26ClF3N4O3. The van der Waals surface area contributed by atoms with Gasteiger partial charge in [0.15, 0.2) is 0 Å². The fourth-order valence-corrected chi connectivity index (χ4v) is 4.97. The third-order valence-corrected chi connectivity index (χ3v) is 7.17. The number of amides is 2. The minimum Gasteiger partial charge on any atom is -0.337 e. The van der Waals surface area contributed by atoms with Crippen molar-refractivity contribution in [3.63, 3.8) is 0 Å². The highest BCUT2D eigenvalue weighted by molar-refractivity contribution is 6.30. The van der Waals surface area contributed by atoms with Gasteiger partial charge in [0.05, 0.1) is 5.56 Å². The van der Waals surface area contributed by atoms with E-state index < -0.39 is 23.7 Å². The van der Waals surface area contributed by atoms with Crippen LogP contribution < -0.4 is 0 Å². The molecule has 7 nitrogen and oxygen atoms in total. The van der Waals surface area contributed by atoms with Gasteiger partial charge in [0, 0.05) is 29.2 Å². The van der Waals surface area contributed by atoms with E-state index in [9.17, 15) is 22.8 Å². The van der Waals surface area contributed by atoms with Crippen LogP contribution in [0.1, 0.15) is 52.7 Å². The van der Waals surface area contributed by atoms with Gasteiger partial charge in [-0.15, -0.1) is 0 Å². The topological polar surface area (TPSA) is 79.5 Å². The molecule has 2 heterocycles. The van der Waals surface area contributed by atoms with Crippen LogP contribution in [-0.2, 0) is 17.5 Å². The lowest BCUT2D eigenvalue weighted by atomic mass is 10.0. The molecule has 0 saturated carbocycles.